The maximum absolute atomic E-state index is 13.4. The lowest BCUT2D eigenvalue weighted by Crippen LogP contribution is -2.57. The summed E-state index contributed by atoms with van der Waals surface area (Å²) in [6.07, 6.45) is 7.16. The SMILES string of the molecule is CC(C)(C)OC(=O)NC(C)(C)C(=O)N1CCC(c2ccccc2C2=CCC(NC(=O)c3nc(C#N)cn3COCC[Si](C)(C)C)CC2)CC1. The topological polar surface area (TPSA) is 139 Å². The smallest absolute Gasteiger partial charge is 0.408 e. The molecule has 2 aliphatic rings. The van der Waals surface area contributed by atoms with Crippen molar-refractivity contribution in [2.75, 3.05) is 19.7 Å². The van der Waals surface area contributed by atoms with Gasteiger partial charge in [-0.15, -0.1) is 0 Å². The van der Waals surface area contributed by atoms with E-state index in [0.717, 1.165) is 31.7 Å². The molecule has 3 amide bonds. The Hall–Kier alpha value is -3.95. The third-order valence-corrected chi connectivity index (χ3v) is 10.6. The van der Waals surface area contributed by atoms with Crippen molar-refractivity contribution in [1.82, 2.24) is 25.1 Å². The Labute approximate surface area is 292 Å². The van der Waals surface area contributed by atoms with Crippen LogP contribution in [0, 0.1) is 11.3 Å². The summed E-state index contributed by atoms with van der Waals surface area (Å²) in [7, 11) is -1.25. The van der Waals surface area contributed by atoms with Crippen molar-refractivity contribution in [1.29, 1.82) is 5.26 Å². The molecule has 0 spiro atoms. The monoisotopic (exact) mass is 690 g/mol. The van der Waals surface area contributed by atoms with Crippen LogP contribution in [-0.2, 0) is 21.0 Å². The molecule has 1 fully saturated rings. The fraction of sp³-hybridized carbons (Fsp3) is 0.595. The fourth-order valence-electron chi connectivity index (χ4n) is 6.30. The molecule has 4 rings (SSSR count). The first-order valence-electron chi connectivity index (χ1n) is 17.4. The summed E-state index contributed by atoms with van der Waals surface area (Å²) in [5.74, 6) is 0.0811. The molecule has 12 heteroatoms. The Morgan fingerprint density at radius 2 is 1.76 bits per heavy atom. The van der Waals surface area contributed by atoms with Crippen LogP contribution in [0.2, 0.25) is 25.7 Å². The van der Waals surface area contributed by atoms with E-state index in [1.807, 2.05) is 11.0 Å². The quantitative estimate of drug-likeness (QED) is 0.204. The number of nitrogens with zero attached hydrogens (tertiary/aromatic N) is 4. The van der Waals surface area contributed by atoms with Crippen LogP contribution >= 0.6 is 0 Å². The van der Waals surface area contributed by atoms with Gasteiger partial charge in [0.1, 0.15) is 23.9 Å². The van der Waals surface area contributed by atoms with E-state index >= 15 is 0 Å². The molecule has 1 unspecified atom stereocenters. The van der Waals surface area contributed by atoms with Crippen LogP contribution in [0.3, 0.4) is 0 Å². The molecule has 1 saturated heterocycles. The molecule has 1 aliphatic carbocycles. The van der Waals surface area contributed by atoms with Gasteiger partial charge in [0.15, 0.2) is 5.69 Å². The summed E-state index contributed by atoms with van der Waals surface area (Å²) in [5, 5.41) is 15.3. The van der Waals surface area contributed by atoms with Crippen LogP contribution in [0.1, 0.15) is 100 Å². The molecule has 2 heterocycles. The van der Waals surface area contributed by atoms with Crippen molar-refractivity contribution in [3.63, 3.8) is 0 Å². The average molecular weight is 691 g/mol. The van der Waals surface area contributed by atoms with Crippen molar-refractivity contribution < 1.29 is 23.9 Å². The predicted octanol–water partition coefficient (Wildman–Crippen LogP) is 6.44. The van der Waals surface area contributed by atoms with Gasteiger partial charge in [0, 0.05) is 40.0 Å². The fourth-order valence-corrected chi connectivity index (χ4v) is 7.05. The Bertz CT molecular complexity index is 1570. The average Bonchev–Trinajstić information content (AvgIpc) is 3.45. The van der Waals surface area contributed by atoms with Crippen molar-refractivity contribution in [2.45, 2.75) is 122 Å². The second kappa shape index (κ2) is 15.7. The van der Waals surface area contributed by atoms with Crippen LogP contribution in [-0.4, -0.2) is 77.3 Å². The lowest BCUT2D eigenvalue weighted by atomic mass is 9.81. The molecule has 1 aromatic heterocycles. The van der Waals surface area contributed by atoms with Gasteiger partial charge in [0.2, 0.25) is 11.7 Å². The number of nitrogens with one attached hydrogen (secondary N) is 2. The highest BCUT2D eigenvalue weighted by Gasteiger charge is 2.37. The Kier molecular flexibility index (Phi) is 12.1. The number of ether oxygens (including phenoxy) is 2. The van der Waals surface area contributed by atoms with Gasteiger partial charge in [-0.05, 0) is 95.4 Å². The number of carbonyl (C=O) groups is 3. The number of carbonyl (C=O) groups excluding carboxylic acids is 3. The minimum Gasteiger partial charge on any atom is -0.444 e. The molecule has 2 N–H and O–H groups in total. The number of nitriles is 1. The summed E-state index contributed by atoms with van der Waals surface area (Å²) >= 11 is 0. The van der Waals surface area contributed by atoms with Gasteiger partial charge in [0.05, 0.1) is 0 Å². The highest BCUT2D eigenvalue weighted by molar-refractivity contribution is 6.76. The first kappa shape index (κ1) is 37.9. The lowest BCUT2D eigenvalue weighted by Gasteiger charge is -2.38. The summed E-state index contributed by atoms with van der Waals surface area (Å²) in [6, 6.07) is 11.5. The van der Waals surface area contributed by atoms with Crippen LogP contribution in [0.4, 0.5) is 4.79 Å². The second-order valence-electron chi connectivity index (χ2n) is 16.0. The number of allylic oxidation sites excluding steroid dienone is 1. The number of amides is 3. The summed E-state index contributed by atoms with van der Waals surface area (Å²) < 4.78 is 12.8. The minimum atomic E-state index is -1.25. The van der Waals surface area contributed by atoms with Gasteiger partial charge in [-0.25, -0.2) is 9.78 Å². The van der Waals surface area contributed by atoms with Crippen molar-refractivity contribution >= 4 is 31.6 Å². The minimum absolute atomic E-state index is 0.0428. The van der Waals surface area contributed by atoms with E-state index in [9.17, 15) is 19.6 Å². The number of hydrogen-bond donors (Lipinski definition) is 2. The molecule has 11 nitrogen and oxygen atoms in total. The highest BCUT2D eigenvalue weighted by atomic mass is 28.3. The number of benzene rings is 1. The van der Waals surface area contributed by atoms with E-state index in [0.29, 0.717) is 32.0 Å². The number of imidazole rings is 1. The molecular formula is C37H54N6O5Si. The molecule has 0 saturated carbocycles. The largest absolute Gasteiger partial charge is 0.444 e. The predicted molar refractivity (Wildman–Crippen MR) is 193 cm³/mol. The molecule has 0 radical (unpaired) electrons. The van der Waals surface area contributed by atoms with Crippen LogP contribution in [0.15, 0.2) is 36.5 Å². The van der Waals surface area contributed by atoms with E-state index < -0.39 is 25.3 Å². The van der Waals surface area contributed by atoms with E-state index in [1.54, 1.807) is 45.4 Å². The molecule has 1 atom stereocenters. The van der Waals surface area contributed by atoms with Gasteiger partial charge in [0.25, 0.3) is 5.91 Å². The highest BCUT2D eigenvalue weighted by Crippen LogP contribution is 2.37. The van der Waals surface area contributed by atoms with E-state index in [4.69, 9.17) is 9.47 Å². The molecule has 1 aliphatic heterocycles. The summed E-state index contributed by atoms with van der Waals surface area (Å²) in [5.41, 5.74) is 2.25. The second-order valence-corrected chi connectivity index (χ2v) is 21.6. The molecule has 49 heavy (non-hydrogen) atoms. The first-order valence-corrected chi connectivity index (χ1v) is 21.1. The van der Waals surface area contributed by atoms with Gasteiger partial charge >= 0.3 is 6.09 Å². The van der Waals surface area contributed by atoms with Crippen LogP contribution < -0.4 is 10.6 Å². The molecule has 2 aromatic rings. The van der Waals surface area contributed by atoms with E-state index in [1.165, 1.54) is 16.7 Å². The summed E-state index contributed by atoms with van der Waals surface area (Å²) in [4.78, 5) is 45.1. The van der Waals surface area contributed by atoms with Crippen molar-refractivity contribution in [3.8, 4) is 6.07 Å². The lowest BCUT2D eigenvalue weighted by molar-refractivity contribution is -0.138. The number of hydrogen-bond acceptors (Lipinski definition) is 7. The summed E-state index contributed by atoms with van der Waals surface area (Å²) in [6.45, 7) is 17.7. The molecule has 266 valence electrons. The number of rotatable bonds is 11. The van der Waals surface area contributed by atoms with Gasteiger partial charge in [-0.3, -0.25) is 9.59 Å². The molecule has 0 bridgehead atoms. The van der Waals surface area contributed by atoms with E-state index in [2.05, 4.69) is 65.6 Å². The maximum atomic E-state index is 13.4. The Morgan fingerprint density at radius 3 is 2.37 bits per heavy atom. The first-order chi connectivity index (χ1) is 23.0. The number of piperidine rings is 1. The maximum Gasteiger partial charge on any atom is 0.408 e. The molecular weight excluding hydrogens is 637 g/mol. The van der Waals surface area contributed by atoms with Crippen LogP contribution in [0.25, 0.3) is 5.57 Å². The number of likely N-dealkylation sites (tertiary alicyclic amines) is 1. The van der Waals surface area contributed by atoms with Gasteiger partial charge in [-0.1, -0.05) is 50.0 Å². The molecule has 1 aromatic carbocycles. The zero-order chi connectivity index (χ0) is 36.0. The van der Waals surface area contributed by atoms with Gasteiger partial charge in [-0.2, -0.15) is 5.26 Å². The van der Waals surface area contributed by atoms with Gasteiger partial charge < -0.3 is 29.6 Å². The zero-order valence-electron chi connectivity index (χ0n) is 30.5. The Morgan fingerprint density at radius 1 is 1.06 bits per heavy atom. The standard InChI is InChI=1S/C37H54N6O5Si/c1-36(2,3)48-35(46)41-37(4,5)34(45)42-19-17-27(18-20-42)31-12-10-9-11-30(31)26-13-15-28(16-14-26)40-33(44)32-39-29(23-38)24-43(32)25-47-21-22-49(6,7)8/h9-13,24,27-28H,14-22,25H2,1-8H3,(H,40,44)(H,41,46). The van der Waals surface area contributed by atoms with Crippen molar-refractivity contribution in [3.05, 3.63) is 59.2 Å². The number of aromatic nitrogens is 2. The Balaban J connectivity index is 1.34. The zero-order valence-corrected chi connectivity index (χ0v) is 31.5. The normalized spacial score (nSPS) is 17.6. The van der Waals surface area contributed by atoms with Crippen LogP contribution in [0.5, 0.6) is 0 Å². The van der Waals surface area contributed by atoms with E-state index in [-0.39, 0.29) is 36.1 Å². The third kappa shape index (κ3) is 10.8. The van der Waals surface area contributed by atoms with Crippen molar-refractivity contribution in [2.24, 2.45) is 0 Å². The number of alkyl carbamates (subject to hydrolysis) is 1. The third-order valence-electron chi connectivity index (χ3n) is 8.94.